The first-order valence-electron chi connectivity index (χ1n) is 8.39. The maximum Gasteiger partial charge on any atom is 0.318 e. The molecule has 3 heterocycles. The number of likely N-dealkylation sites (tertiary alicyclic amines) is 1. The minimum absolute atomic E-state index is 0.0457. The number of nitrogens with one attached hydrogen (secondary N) is 2. The molecule has 1 atom stereocenters. The standard InChI is InChI=1S/C17H23N5O2/c1-2-24-16-9-13(6-7-18-16)10-19-17(23)22-8-4-3-5-15(22)14-11-20-21-12-14/h6-7,9,11-12,15H,2-5,8,10H2,1H3,(H,19,23)(H,20,21)/t15-/m1/s1. The molecular weight excluding hydrogens is 306 g/mol. The van der Waals surface area contributed by atoms with Crippen molar-refractivity contribution in [1.29, 1.82) is 0 Å². The van der Waals surface area contributed by atoms with E-state index in [1.165, 1.54) is 0 Å². The number of piperidine rings is 1. The zero-order chi connectivity index (χ0) is 16.8. The number of pyridine rings is 1. The number of hydrogen-bond donors (Lipinski definition) is 2. The smallest absolute Gasteiger partial charge is 0.318 e. The number of ether oxygens (including phenoxy) is 1. The number of carbonyl (C=O) groups excluding carboxylic acids is 1. The topological polar surface area (TPSA) is 83.1 Å². The Bertz CT molecular complexity index is 659. The second-order valence-electron chi connectivity index (χ2n) is 5.83. The Morgan fingerprint density at radius 1 is 1.50 bits per heavy atom. The van der Waals surface area contributed by atoms with Crippen LogP contribution >= 0.6 is 0 Å². The molecule has 1 saturated heterocycles. The molecule has 0 aromatic carbocycles. The number of nitrogens with zero attached hydrogens (tertiary/aromatic N) is 3. The molecule has 1 aliphatic rings. The van der Waals surface area contributed by atoms with Crippen molar-refractivity contribution < 1.29 is 9.53 Å². The molecule has 2 aromatic rings. The number of aromatic amines is 1. The normalized spacial score (nSPS) is 17.5. The summed E-state index contributed by atoms with van der Waals surface area (Å²) < 4.78 is 5.39. The van der Waals surface area contributed by atoms with E-state index >= 15 is 0 Å². The van der Waals surface area contributed by atoms with Gasteiger partial charge in [0, 0.05) is 37.1 Å². The van der Waals surface area contributed by atoms with E-state index in [0.717, 1.165) is 36.9 Å². The number of hydrogen-bond acceptors (Lipinski definition) is 4. The van der Waals surface area contributed by atoms with E-state index < -0.39 is 0 Å². The second kappa shape index (κ2) is 7.81. The fourth-order valence-corrected chi connectivity index (χ4v) is 3.03. The Morgan fingerprint density at radius 2 is 2.42 bits per heavy atom. The molecular formula is C17H23N5O2. The van der Waals surface area contributed by atoms with Crippen LogP contribution in [0.4, 0.5) is 4.79 Å². The van der Waals surface area contributed by atoms with Crippen LogP contribution in [0.25, 0.3) is 0 Å². The third-order valence-corrected chi connectivity index (χ3v) is 4.20. The van der Waals surface area contributed by atoms with Gasteiger partial charge in [-0.1, -0.05) is 0 Å². The number of carbonyl (C=O) groups is 1. The van der Waals surface area contributed by atoms with Crippen LogP contribution in [-0.2, 0) is 6.54 Å². The van der Waals surface area contributed by atoms with Crippen molar-refractivity contribution in [2.24, 2.45) is 0 Å². The van der Waals surface area contributed by atoms with Crippen LogP contribution in [0.15, 0.2) is 30.7 Å². The van der Waals surface area contributed by atoms with Crippen LogP contribution in [-0.4, -0.2) is 39.3 Å². The molecule has 0 saturated carbocycles. The highest BCUT2D eigenvalue weighted by Gasteiger charge is 2.28. The van der Waals surface area contributed by atoms with Crippen LogP contribution in [0.3, 0.4) is 0 Å². The fraction of sp³-hybridized carbons (Fsp3) is 0.471. The van der Waals surface area contributed by atoms with Gasteiger partial charge in [-0.3, -0.25) is 5.10 Å². The van der Waals surface area contributed by atoms with Crippen LogP contribution in [0.5, 0.6) is 5.88 Å². The van der Waals surface area contributed by atoms with Crippen molar-refractivity contribution in [3.8, 4) is 5.88 Å². The van der Waals surface area contributed by atoms with Gasteiger partial charge in [-0.2, -0.15) is 5.10 Å². The summed E-state index contributed by atoms with van der Waals surface area (Å²) >= 11 is 0. The summed E-state index contributed by atoms with van der Waals surface area (Å²) in [7, 11) is 0. The summed E-state index contributed by atoms with van der Waals surface area (Å²) in [6, 6.07) is 3.78. The minimum Gasteiger partial charge on any atom is -0.478 e. The summed E-state index contributed by atoms with van der Waals surface area (Å²) in [5.74, 6) is 0.582. The minimum atomic E-state index is -0.0457. The SMILES string of the molecule is CCOc1cc(CNC(=O)N2CCCC[C@@H]2c2cn[nH]c2)ccn1. The van der Waals surface area contributed by atoms with E-state index in [2.05, 4.69) is 20.5 Å². The first-order chi connectivity index (χ1) is 11.8. The van der Waals surface area contributed by atoms with Crippen molar-refractivity contribution in [1.82, 2.24) is 25.4 Å². The number of amides is 2. The summed E-state index contributed by atoms with van der Waals surface area (Å²) in [6.07, 6.45) is 8.49. The fourth-order valence-electron chi connectivity index (χ4n) is 3.03. The Kier molecular flexibility index (Phi) is 5.30. The lowest BCUT2D eigenvalue weighted by Crippen LogP contribution is -2.44. The average molecular weight is 329 g/mol. The van der Waals surface area contributed by atoms with Crippen molar-refractivity contribution in [2.75, 3.05) is 13.2 Å². The van der Waals surface area contributed by atoms with Crippen LogP contribution in [0.1, 0.15) is 43.4 Å². The number of aromatic nitrogens is 3. The molecule has 24 heavy (non-hydrogen) atoms. The van der Waals surface area contributed by atoms with E-state index in [9.17, 15) is 4.79 Å². The highest BCUT2D eigenvalue weighted by Crippen LogP contribution is 2.30. The van der Waals surface area contributed by atoms with Gasteiger partial charge >= 0.3 is 6.03 Å². The van der Waals surface area contributed by atoms with Crippen LogP contribution in [0, 0.1) is 0 Å². The van der Waals surface area contributed by atoms with Crippen LogP contribution in [0.2, 0.25) is 0 Å². The first-order valence-corrected chi connectivity index (χ1v) is 8.39. The maximum atomic E-state index is 12.6. The van der Waals surface area contributed by atoms with E-state index in [-0.39, 0.29) is 12.1 Å². The highest BCUT2D eigenvalue weighted by atomic mass is 16.5. The van der Waals surface area contributed by atoms with E-state index in [4.69, 9.17) is 4.74 Å². The Hall–Kier alpha value is -2.57. The molecule has 0 unspecified atom stereocenters. The molecule has 7 heteroatoms. The molecule has 1 aliphatic heterocycles. The van der Waals surface area contributed by atoms with E-state index in [0.29, 0.717) is 19.0 Å². The van der Waals surface area contributed by atoms with Crippen molar-refractivity contribution in [2.45, 2.75) is 38.8 Å². The Labute approximate surface area is 141 Å². The summed E-state index contributed by atoms with van der Waals surface area (Å²) in [5, 5.41) is 9.84. The molecule has 2 N–H and O–H groups in total. The molecule has 2 aromatic heterocycles. The molecule has 0 spiro atoms. The number of urea groups is 1. The molecule has 0 radical (unpaired) electrons. The van der Waals surface area contributed by atoms with Gasteiger partial charge in [-0.05, 0) is 37.8 Å². The molecule has 7 nitrogen and oxygen atoms in total. The largest absolute Gasteiger partial charge is 0.478 e. The van der Waals surface area contributed by atoms with Gasteiger partial charge in [0.1, 0.15) is 0 Å². The zero-order valence-electron chi connectivity index (χ0n) is 13.9. The lowest BCUT2D eigenvalue weighted by atomic mass is 9.98. The predicted molar refractivity (Wildman–Crippen MR) is 89.5 cm³/mol. The van der Waals surface area contributed by atoms with Gasteiger partial charge in [0.2, 0.25) is 5.88 Å². The number of rotatable bonds is 5. The van der Waals surface area contributed by atoms with Gasteiger partial charge < -0.3 is 15.0 Å². The number of H-pyrrole nitrogens is 1. The van der Waals surface area contributed by atoms with Gasteiger partial charge in [-0.15, -0.1) is 0 Å². The van der Waals surface area contributed by atoms with Gasteiger partial charge in [-0.25, -0.2) is 9.78 Å². The van der Waals surface area contributed by atoms with Gasteiger partial charge in [0.25, 0.3) is 0 Å². The quantitative estimate of drug-likeness (QED) is 0.883. The van der Waals surface area contributed by atoms with Crippen LogP contribution < -0.4 is 10.1 Å². The van der Waals surface area contributed by atoms with Crippen molar-refractivity contribution >= 4 is 6.03 Å². The highest BCUT2D eigenvalue weighted by molar-refractivity contribution is 5.74. The zero-order valence-corrected chi connectivity index (χ0v) is 13.9. The Balaban J connectivity index is 1.62. The summed E-state index contributed by atoms with van der Waals surface area (Å²) in [5.41, 5.74) is 2.03. The van der Waals surface area contributed by atoms with Crippen molar-refractivity contribution in [3.63, 3.8) is 0 Å². The van der Waals surface area contributed by atoms with E-state index in [1.54, 1.807) is 12.4 Å². The lowest BCUT2D eigenvalue weighted by molar-refractivity contribution is 0.151. The van der Waals surface area contributed by atoms with E-state index in [1.807, 2.05) is 30.2 Å². The first kappa shape index (κ1) is 16.3. The Morgan fingerprint density at radius 3 is 3.21 bits per heavy atom. The molecule has 3 rings (SSSR count). The molecule has 2 amide bonds. The lowest BCUT2D eigenvalue weighted by Gasteiger charge is -2.35. The summed E-state index contributed by atoms with van der Waals surface area (Å²) in [6.45, 7) is 3.71. The van der Waals surface area contributed by atoms with Crippen molar-refractivity contribution in [3.05, 3.63) is 41.9 Å². The molecule has 0 aliphatic carbocycles. The predicted octanol–water partition coefficient (Wildman–Crippen LogP) is 2.64. The third-order valence-electron chi connectivity index (χ3n) is 4.20. The molecule has 0 bridgehead atoms. The third kappa shape index (κ3) is 3.84. The molecule has 1 fully saturated rings. The second-order valence-corrected chi connectivity index (χ2v) is 5.83. The maximum absolute atomic E-state index is 12.6. The summed E-state index contributed by atoms with van der Waals surface area (Å²) in [4.78, 5) is 18.7. The molecule has 128 valence electrons. The average Bonchev–Trinajstić information content (AvgIpc) is 3.15. The monoisotopic (exact) mass is 329 g/mol. The van der Waals surface area contributed by atoms with Gasteiger partial charge in [0.15, 0.2) is 0 Å². The van der Waals surface area contributed by atoms with Gasteiger partial charge in [0.05, 0.1) is 18.8 Å².